The summed E-state index contributed by atoms with van der Waals surface area (Å²) in [5.74, 6) is 0.585. The van der Waals surface area contributed by atoms with Gasteiger partial charge in [0.15, 0.2) is 11.5 Å². The van der Waals surface area contributed by atoms with E-state index in [0.29, 0.717) is 10.8 Å². The van der Waals surface area contributed by atoms with E-state index < -0.39 is 22.5 Å². The van der Waals surface area contributed by atoms with E-state index in [2.05, 4.69) is 5.32 Å². The third-order valence-corrected chi connectivity index (χ3v) is 7.02. The highest BCUT2D eigenvalue weighted by Crippen LogP contribution is 2.36. The van der Waals surface area contributed by atoms with Crippen LogP contribution in [0.15, 0.2) is 41.3 Å². The molecule has 2 aromatic carbocycles. The van der Waals surface area contributed by atoms with Crippen molar-refractivity contribution in [2.75, 3.05) is 32.2 Å². The Bertz CT molecular complexity index is 1060. The normalized spacial score (nSPS) is 12.2. The van der Waals surface area contributed by atoms with Gasteiger partial charge in [0.25, 0.3) is 10.0 Å². The first-order valence-electron chi connectivity index (χ1n) is 9.92. The number of amides is 1. The second kappa shape index (κ2) is 10.8. The van der Waals surface area contributed by atoms with E-state index in [0.717, 1.165) is 4.31 Å². The largest absolute Gasteiger partial charge is 0.495 e. The van der Waals surface area contributed by atoms with Crippen molar-refractivity contribution in [3.8, 4) is 17.2 Å². The summed E-state index contributed by atoms with van der Waals surface area (Å²) in [5.41, 5.74) is 0.141. The van der Waals surface area contributed by atoms with Crippen molar-refractivity contribution in [1.29, 1.82) is 0 Å². The van der Waals surface area contributed by atoms with Gasteiger partial charge >= 0.3 is 0 Å². The Morgan fingerprint density at radius 1 is 0.969 bits per heavy atom. The molecule has 0 bridgehead atoms. The van der Waals surface area contributed by atoms with Crippen LogP contribution in [-0.4, -0.2) is 48.2 Å². The molecule has 0 saturated carbocycles. The maximum absolute atomic E-state index is 13.7. The van der Waals surface area contributed by atoms with Crippen molar-refractivity contribution < 1.29 is 27.4 Å². The lowest BCUT2D eigenvalue weighted by Crippen LogP contribution is -2.45. The van der Waals surface area contributed by atoms with Crippen LogP contribution < -0.4 is 23.8 Å². The van der Waals surface area contributed by atoms with Crippen molar-refractivity contribution in [3.63, 3.8) is 0 Å². The van der Waals surface area contributed by atoms with Gasteiger partial charge in [0, 0.05) is 17.1 Å². The number of nitrogens with zero attached hydrogens (tertiary/aromatic N) is 1. The number of halogens is 1. The minimum atomic E-state index is -4.21. The highest BCUT2D eigenvalue weighted by molar-refractivity contribution is 7.92. The van der Waals surface area contributed by atoms with Gasteiger partial charge in [-0.2, -0.15) is 0 Å². The molecule has 0 heterocycles. The third-order valence-electron chi connectivity index (χ3n) is 5.03. The Balaban J connectivity index is 2.60. The molecule has 1 amide bonds. The summed E-state index contributed by atoms with van der Waals surface area (Å²) in [7, 11) is 0.0610. The number of nitrogens with one attached hydrogen (secondary N) is 1. The highest BCUT2D eigenvalue weighted by Gasteiger charge is 2.31. The summed E-state index contributed by atoms with van der Waals surface area (Å²) in [4.78, 5) is 12.7. The van der Waals surface area contributed by atoms with Crippen molar-refractivity contribution in [1.82, 2.24) is 5.32 Å². The van der Waals surface area contributed by atoms with Gasteiger partial charge in [0.2, 0.25) is 5.91 Å². The number of carbonyl (C=O) groups is 1. The summed E-state index contributed by atoms with van der Waals surface area (Å²) in [6, 6.07) is 8.63. The highest BCUT2D eigenvalue weighted by atomic mass is 35.5. The van der Waals surface area contributed by atoms with E-state index in [1.165, 1.54) is 45.6 Å². The second-order valence-corrected chi connectivity index (χ2v) is 9.74. The second-order valence-electron chi connectivity index (χ2n) is 7.44. The van der Waals surface area contributed by atoms with Crippen LogP contribution in [0.4, 0.5) is 5.69 Å². The summed E-state index contributed by atoms with van der Waals surface area (Å²) < 4.78 is 44.1. The van der Waals surface area contributed by atoms with E-state index in [1.54, 1.807) is 12.1 Å². The average molecular weight is 485 g/mol. The minimum absolute atomic E-state index is 0.0816. The predicted molar refractivity (Wildman–Crippen MR) is 125 cm³/mol. The number of anilines is 1. The summed E-state index contributed by atoms with van der Waals surface area (Å²) in [5, 5.41) is 3.13. The minimum Gasteiger partial charge on any atom is -0.495 e. The van der Waals surface area contributed by atoms with Crippen LogP contribution in [0, 0.1) is 5.92 Å². The average Bonchev–Trinajstić information content (AvgIpc) is 2.76. The summed E-state index contributed by atoms with van der Waals surface area (Å²) >= 11 is 6.15. The van der Waals surface area contributed by atoms with Crippen LogP contribution >= 0.6 is 11.6 Å². The number of carbonyl (C=O) groups excluding carboxylic acids is 1. The van der Waals surface area contributed by atoms with Gasteiger partial charge in [-0.25, -0.2) is 8.42 Å². The molecular formula is C22H29ClN2O6S. The molecule has 2 rings (SSSR count). The lowest BCUT2D eigenvalue weighted by atomic mass is 10.1. The van der Waals surface area contributed by atoms with Gasteiger partial charge in [-0.1, -0.05) is 25.4 Å². The Morgan fingerprint density at radius 3 is 2.12 bits per heavy atom. The topological polar surface area (TPSA) is 94.2 Å². The molecule has 1 atom stereocenters. The molecule has 0 radical (unpaired) electrons. The third kappa shape index (κ3) is 5.77. The molecular weight excluding hydrogens is 456 g/mol. The van der Waals surface area contributed by atoms with Crippen LogP contribution in [0.1, 0.15) is 20.8 Å². The maximum atomic E-state index is 13.7. The fourth-order valence-electron chi connectivity index (χ4n) is 2.86. The van der Waals surface area contributed by atoms with E-state index >= 15 is 0 Å². The van der Waals surface area contributed by atoms with E-state index in [9.17, 15) is 13.2 Å². The van der Waals surface area contributed by atoms with Crippen LogP contribution in [0.3, 0.4) is 0 Å². The molecule has 0 aromatic heterocycles. The smallest absolute Gasteiger partial charge is 0.265 e. The molecule has 10 heteroatoms. The van der Waals surface area contributed by atoms with Gasteiger partial charge < -0.3 is 19.5 Å². The van der Waals surface area contributed by atoms with E-state index in [1.807, 2.05) is 20.8 Å². The zero-order valence-corrected chi connectivity index (χ0v) is 20.6. The predicted octanol–water partition coefficient (Wildman–Crippen LogP) is 3.72. The molecule has 0 aliphatic carbocycles. The lowest BCUT2D eigenvalue weighted by molar-refractivity contribution is -0.120. The molecule has 0 aliphatic heterocycles. The molecule has 0 aliphatic rings. The van der Waals surface area contributed by atoms with Gasteiger partial charge in [-0.3, -0.25) is 9.10 Å². The number of ether oxygens (including phenoxy) is 3. The fourth-order valence-corrected chi connectivity index (χ4v) is 4.46. The standard InChI is InChI=1S/C22H29ClN2O6S/c1-14(2)15(3)24-22(26)13-25(18-11-16(23)7-9-19(18)29-4)32(27,28)17-8-10-20(30-5)21(12-17)31-6/h7-12,14-15H,13H2,1-6H3,(H,24,26)/t15-/m1/s1. The van der Waals surface area contributed by atoms with Gasteiger partial charge in [0.1, 0.15) is 12.3 Å². The van der Waals surface area contributed by atoms with E-state index in [4.69, 9.17) is 25.8 Å². The van der Waals surface area contributed by atoms with Crippen LogP contribution in [-0.2, 0) is 14.8 Å². The van der Waals surface area contributed by atoms with Crippen LogP contribution in [0.5, 0.6) is 17.2 Å². The summed E-state index contributed by atoms with van der Waals surface area (Å²) in [6.07, 6.45) is 0. The van der Waals surface area contributed by atoms with Gasteiger partial charge in [-0.05, 0) is 43.2 Å². The SMILES string of the molecule is COc1ccc(S(=O)(=O)N(CC(=O)N[C@H](C)C(C)C)c2cc(Cl)ccc2OC)cc1OC. The van der Waals surface area contributed by atoms with Gasteiger partial charge in [-0.15, -0.1) is 0 Å². The fraction of sp³-hybridized carbons (Fsp3) is 0.409. The Kier molecular flexibility index (Phi) is 8.63. The molecule has 2 aromatic rings. The summed E-state index contributed by atoms with van der Waals surface area (Å²) in [6.45, 7) is 5.31. The first-order chi connectivity index (χ1) is 15.0. The lowest BCUT2D eigenvalue weighted by Gasteiger charge is -2.27. The Morgan fingerprint density at radius 2 is 1.56 bits per heavy atom. The Labute approximate surface area is 194 Å². The van der Waals surface area contributed by atoms with Crippen LogP contribution in [0.25, 0.3) is 0 Å². The Hall–Kier alpha value is -2.65. The molecule has 0 spiro atoms. The molecule has 0 saturated heterocycles. The number of hydrogen-bond donors (Lipinski definition) is 1. The molecule has 1 N–H and O–H groups in total. The molecule has 176 valence electrons. The first-order valence-corrected chi connectivity index (χ1v) is 11.7. The zero-order valence-electron chi connectivity index (χ0n) is 19.0. The number of benzene rings is 2. The molecule has 0 unspecified atom stereocenters. The first kappa shape index (κ1) is 25.6. The van der Waals surface area contributed by atoms with Crippen molar-refractivity contribution in [3.05, 3.63) is 41.4 Å². The van der Waals surface area contributed by atoms with E-state index in [-0.39, 0.29) is 34.0 Å². The number of hydrogen-bond acceptors (Lipinski definition) is 6. The van der Waals surface area contributed by atoms with Crippen molar-refractivity contribution in [2.45, 2.75) is 31.7 Å². The number of methoxy groups -OCH3 is 3. The van der Waals surface area contributed by atoms with Crippen molar-refractivity contribution >= 4 is 33.2 Å². The molecule has 32 heavy (non-hydrogen) atoms. The molecule has 0 fully saturated rings. The zero-order chi connectivity index (χ0) is 24.1. The van der Waals surface area contributed by atoms with Gasteiger partial charge in [0.05, 0.1) is 31.9 Å². The van der Waals surface area contributed by atoms with Crippen LogP contribution in [0.2, 0.25) is 5.02 Å². The molecule has 8 nitrogen and oxygen atoms in total. The number of rotatable bonds is 10. The quantitative estimate of drug-likeness (QED) is 0.552. The number of sulfonamides is 1. The maximum Gasteiger partial charge on any atom is 0.265 e. The van der Waals surface area contributed by atoms with Crippen molar-refractivity contribution in [2.24, 2.45) is 5.92 Å². The monoisotopic (exact) mass is 484 g/mol.